The number of nitrogens with zero attached hydrogens (tertiary/aromatic N) is 2. The Morgan fingerprint density at radius 2 is 0.886 bits per heavy atom. The number of aromatic amines is 2. The normalized spacial score (nSPS) is 14.6. The number of nitrogens with two attached hydrogens (primary N) is 3. The highest BCUT2D eigenvalue weighted by Crippen LogP contribution is 2.18. The zero-order chi connectivity index (χ0) is 85.1. The van der Waals surface area contributed by atoms with E-state index in [1.165, 1.54) is 73.6 Å². The van der Waals surface area contributed by atoms with E-state index < -0.39 is 204 Å². The van der Waals surface area contributed by atoms with Crippen molar-refractivity contribution in [3.05, 3.63) is 96.1 Å². The van der Waals surface area contributed by atoms with Crippen molar-refractivity contribution in [2.75, 3.05) is 18.8 Å². The smallest absolute Gasteiger partial charge is 0.326 e. The molecule has 626 valence electrons. The third kappa shape index (κ3) is 33.2. The standard InChI is InChI=1S/C73H109N21O19S/c1-9-39(8)60(94-70(110)59(38(6)7)93-66(106)51(27-41-14-18-45(96)19-15-41)88-68(108)54(33-114)84-56(98)32-81-62(102)50(26-40-12-16-44(95)17-13-40)87-61(101)46(74)20-22-55(75)97)71(111)86-47(11-10-24-80-73(76)77)63(103)89-52(28-42-30-78-34-82-42)67(107)92-58(37(4)5)69(109)90-49(25-36(2)3)65(105)85-48(21-23-57(99)100)64(104)91-53(72(112)113)29-43-31-79-35-83-43/h12-19,30-31,34-39,46-54,58-60,95-96,114H,9-11,20-29,32-33,74H2,1-8H3,(H2,75,97)(H,78,82)(H,79,83)(H,81,102)(H,84,98)(H,85,105)(H,86,111)(H,87,101)(H,88,108)(H,89,103)(H,90,109)(H,91,104)(H,92,107)(H,93,106)(H,94,110)(H,99,100)(H,112,113)(H4,76,77,80)/t39-,46-,47-,48-,49-,50-,51-,52-,53-,54-,58-,59-,60-/m0/s1. The number of aromatic hydroxyl groups is 2. The van der Waals surface area contributed by atoms with Gasteiger partial charge >= 0.3 is 11.9 Å². The molecule has 2 aromatic heterocycles. The molecule has 4 rings (SSSR count). The zero-order valence-corrected chi connectivity index (χ0v) is 65.7. The third-order valence-corrected chi connectivity index (χ3v) is 18.4. The van der Waals surface area contributed by atoms with E-state index in [9.17, 15) is 92.3 Å². The van der Waals surface area contributed by atoms with Gasteiger partial charge in [0.2, 0.25) is 76.8 Å². The Kier molecular flexibility index (Phi) is 39.3. The van der Waals surface area contributed by atoms with Crippen LogP contribution in [0.25, 0.3) is 0 Å². The van der Waals surface area contributed by atoms with Gasteiger partial charge < -0.3 is 117 Å². The van der Waals surface area contributed by atoms with Gasteiger partial charge in [-0.15, -0.1) is 0 Å². The number of phenols is 2. The lowest BCUT2D eigenvalue weighted by Gasteiger charge is -2.31. The number of guanidine groups is 1. The van der Waals surface area contributed by atoms with Crippen LogP contribution in [0.1, 0.15) is 129 Å². The maximum atomic E-state index is 14.8. The molecule has 0 spiro atoms. The number of imidazole rings is 2. The summed E-state index contributed by atoms with van der Waals surface area (Å²) in [5, 5.41) is 80.5. The number of hydrogen-bond acceptors (Lipinski definition) is 22. The Balaban J connectivity index is 1.58. The molecule has 0 aliphatic rings. The summed E-state index contributed by atoms with van der Waals surface area (Å²) in [5.74, 6) is -18.1. The lowest BCUT2D eigenvalue weighted by molar-refractivity contribution is -0.143. The molecule has 0 aliphatic carbocycles. The minimum atomic E-state index is -1.61. The second kappa shape index (κ2) is 47.5. The summed E-state index contributed by atoms with van der Waals surface area (Å²) >= 11 is 4.27. The molecule has 0 fully saturated rings. The Morgan fingerprint density at radius 1 is 0.474 bits per heavy atom. The fourth-order valence-corrected chi connectivity index (χ4v) is 11.7. The van der Waals surface area contributed by atoms with Crippen LogP contribution in [0.3, 0.4) is 0 Å². The number of aliphatic carboxylic acids is 2. The lowest BCUT2D eigenvalue weighted by Crippen LogP contribution is -2.62. The molecule has 0 unspecified atom stereocenters. The minimum absolute atomic E-state index is 0.00875. The van der Waals surface area contributed by atoms with Crippen molar-refractivity contribution in [3.63, 3.8) is 0 Å². The van der Waals surface area contributed by atoms with E-state index >= 15 is 0 Å². The molecule has 26 N–H and O–H groups in total. The van der Waals surface area contributed by atoms with Gasteiger partial charge in [-0.2, -0.15) is 12.6 Å². The van der Waals surface area contributed by atoms with E-state index in [0.717, 1.165) is 0 Å². The molecule has 114 heavy (non-hydrogen) atoms. The SMILES string of the molecule is CC[C@H](C)[C@H](NC(=O)[C@@H](NC(=O)[C@H](Cc1ccc(O)cc1)NC(=O)[C@H](CS)NC(=O)CNC(=O)[C@H](Cc1ccc(O)cc1)NC(=O)[C@@H](N)CCC(N)=O)C(C)C)C(=O)N[C@@H](CCCNC(=N)N)C(=O)N[C@@H](Cc1c[nH]cn1)C(=O)N[C@H](C(=O)N[C@@H](CC(C)C)C(=O)N[C@@H](CCC(=O)O)C(=O)N[C@@H](Cc1c[nH]cn1)C(=O)O)C(C)C. The predicted octanol–water partition coefficient (Wildman–Crippen LogP) is -3.60. The summed E-state index contributed by atoms with van der Waals surface area (Å²) in [5.41, 5.74) is 18.1. The highest BCUT2D eigenvalue weighted by atomic mass is 32.1. The molecule has 0 bridgehead atoms. The van der Waals surface area contributed by atoms with Gasteiger partial charge in [-0.3, -0.25) is 72.5 Å². The average Bonchev–Trinajstić information content (AvgIpc) is 1.21. The molecule has 13 amide bonds. The van der Waals surface area contributed by atoms with Gasteiger partial charge in [-0.25, -0.2) is 14.8 Å². The fourth-order valence-electron chi connectivity index (χ4n) is 11.4. The van der Waals surface area contributed by atoms with Gasteiger partial charge in [0.25, 0.3) is 0 Å². The van der Waals surface area contributed by atoms with E-state index in [1.54, 1.807) is 55.4 Å². The Labute approximate surface area is 663 Å². The number of hydrogen-bond donors (Lipinski definition) is 24. The number of phenolic OH excluding ortho intramolecular Hbond substituents is 2. The van der Waals surface area contributed by atoms with Crippen LogP contribution in [-0.4, -0.2) is 226 Å². The Hall–Kier alpha value is -11.9. The number of aromatic nitrogens is 4. The second-order valence-corrected chi connectivity index (χ2v) is 28.9. The minimum Gasteiger partial charge on any atom is -0.508 e. The summed E-state index contributed by atoms with van der Waals surface area (Å²) in [6.45, 7) is 12.3. The van der Waals surface area contributed by atoms with Crippen LogP contribution in [0, 0.1) is 29.1 Å². The first-order valence-corrected chi connectivity index (χ1v) is 37.7. The number of rotatable bonds is 50. The molecule has 4 aromatic rings. The second-order valence-electron chi connectivity index (χ2n) is 28.5. The maximum absolute atomic E-state index is 14.8. The molecule has 0 aliphatic heterocycles. The van der Waals surface area contributed by atoms with E-state index in [2.05, 4.69) is 102 Å². The zero-order valence-electron chi connectivity index (χ0n) is 64.8. The van der Waals surface area contributed by atoms with Crippen molar-refractivity contribution >= 4 is 107 Å². The van der Waals surface area contributed by atoms with Crippen LogP contribution in [-0.2, 0) is 97.6 Å². The first-order chi connectivity index (χ1) is 53.8. The van der Waals surface area contributed by atoms with Crippen LogP contribution in [0.4, 0.5) is 0 Å². The van der Waals surface area contributed by atoms with Gasteiger partial charge in [-0.05, 0) is 91.2 Å². The molecular weight excluding hydrogens is 1510 g/mol. The number of carbonyl (C=O) groups is 15. The van der Waals surface area contributed by atoms with Crippen LogP contribution in [0.5, 0.6) is 11.5 Å². The highest BCUT2D eigenvalue weighted by Gasteiger charge is 2.39. The number of carboxylic acids is 2. The van der Waals surface area contributed by atoms with E-state index in [1.807, 2.05) is 0 Å². The average molecular weight is 1620 g/mol. The highest BCUT2D eigenvalue weighted by molar-refractivity contribution is 7.80. The van der Waals surface area contributed by atoms with Crippen molar-refractivity contribution in [1.82, 2.24) is 89.1 Å². The molecule has 2 aromatic carbocycles. The maximum Gasteiger partial charge on any atom is 0.326 e. The van der Waals surface area contributed by atoms with Crippen molar-refractivity contribution in [2.24, 2.45) is 40.9 Å². The number of nitrogens with one attached hydrogen (secondary N) is 16. The molecule has 40 nitrogen and oxygen atoms in total. The number of primary amides is 1. The molecule has 41 heteroatoms. The van der Waals surface area contributed by atoms with Crippen LogP contribution >= 0.6 is 12.6 Å². The predicted molar refractivity (Wildman–Crippen MR) is 415 cm³/mol. The number of carbonyl (C=O) groups excluding carboxylic acids is 13. The van der Waals surface area contributed by atoms with Crippen molar-refractivity contribution in [1.29, 1.82) is 5.41 Å². The largest absolute Gasteiger partial charge is 0.508 e. The molecule has 2 heterocycles. The summed E-state index contributed by atoms with van der Waals surface area (Å²) < 4.78 is 0. The molecular formula is C73H109N21O19S. The molecule has 0 saturated carbocycles. The molecule has 13 atom stereocenters. The van der Waals surface area contributed by atoms with Crippen LogP contribution < -0.4 is 86.3 Å². The number of H-pyrrole nitrogens is 2. The van der Waals surface area contributed by atoms with Crippen molar-refractivity contribution < 1.29 is 92.3 Å². The Morgan fingerprint density at radius 3 is 1.34 bits per heavy atom. The fraction of sp³-hybridized carbons (Fsp3) is 0.534. The quantitative estimate of drug-likeness (QED) is 0.00879. The van der Waals surface area contributed by atoms with Crippen molar-refractivity contribution in [2.45, 2.75) is 205 Å². The monoisotopic (exact) mass is 1620 g/mol. The van der Waals surface area contributed by atoms with Crippen LogP contribution in [0.15, 0.2) is 73.6 Å². The Bertz CT molecular complexity index is 3910. The molecule has 0 saturated heterocycles. The summed E-state index contributed by atoms with van der Waals surface area (Å²) in [6, 6.07) is -6.40. The van der Waals surface area contributed by atoms with Gasteiger partial charge in [0, 0.05) is 63.2 Å². The van der Waals surface area contributed by atoms with Crippen LogP contribution in [0.2, 0.25) is 0 Å². The number of benzene rings is 2. The number of amides is 13. The van der Waals surface area contributed by atoms with E-state index in [-0.39, 0.29) is 105 Å². The number of thiol groups is 1. The van der Waals surface area contributed by atoms with Crippen molar-refractivity contribution in [3.8, 4) is 11.5 Å². The molecule has 0 radical (unpaired) electrons. The lowest BCUT2D eigenvalue weighted by atomic mass is 9.95. The van der Waals surface area contributed by atoms with Gasteiger partial charge in [0.15, 0.2) is 5.96 Å². The van der Waals surface area contributed by atoms with Gasteiger partial charge in [0.05, 0.1) is 36.6 Å². The van der Waals surface area contributed by atoms with Gasteiger partial charge in [0.1, 0.15) is 78.0 Å². The number of carboxylic acid groups (broad SMARTS) is 2. The first-order valence-electron chi connectivity index (χ1n) is 37.1. The third-order valence-electron chi connectivity index (χ3n) is 18.0. The summed E-state index contributed by atoms with van der Waals surface area (Å²) in [6.07, 6.45) is 2.99. The van der Waals surface area contributed by atoms with E-state index in [4.69, 9.17) is 22.6 Å². The first kappa shape index (κ1) is 94.5. The summed E-state index contributed by atoms with van der Waals surface area (Å²) in [4.78, 5) is 219. The van der Waals surface area contributed by atoms with E-state index in [0.29, 0.717) is 11.1 Å². The topological polar surface area (TPSA) is 653 Å². The summed E-state index contributed by atoms with van der Waals surface area (Å²) in [7, 11) is 0. The van der Waals surface area contributed by atoms with Gasteiger partial charge in [-0.1, -0.05) is 86.1 Å².